The van der Waals surface area contributed by atoms with Gasteiger partial charge in [0.15, 0.2) is 0 Å². The van der Waals surface area contributed by atoms with Gasteiger partial charge >= 0.3 is 0 Å². The third-order valence-electron chi connectivity index (χ3n) is 9.12. The number of para-hydroxylation sites is 3. The molecule has 0 bridgehead atoms. The predicted molar refractivity (Wildman–Crippen MR) is 196 cm³/mol. The minimum Gasteiger partial charge on any atom is -0.311 e. The Kier molecular flexibility index (Phi) is 6.17. The third-order valence-corrected chi connectivity index (χ3v) is 9.12. The molecule has 216 valence electrons. The number of hydrogen-bond acceptors (Lipinski definition) is 1. The van der Waals surface area contributed by atoms with Gasteiger partial charge < -0.3 is 9.47 Å². The number of aromatic nitrogens is 1. The Bertz CT molecular complexity index is 2460. The zero-order valence-corrected chi connectivity index (χ0v) is 25.2. The van der Waals surface area contributed by atoms with Crippen LogP contribution in [-0.2, 0) is 0 Å². The highest BCUT2D eigenvalue weighted by atomic mass is 15.1. The maximum Gasteiger partial charge on any atom is 0.0626 e. The average molecular weight is 587 g/mol. The van der Waals surface area contributed by atoms with E-state index in [-0.39, 0.29) is 0 Å². The predicted octanol–water partition coefficient (Wildman–Crippen LogP) is 12.2. The number of anilines is 3. The van der Waals surface area contributed by atoms with Crippen molar-refractivity contribution in [1.29, 1.82) is 0 Å². The fourth-order valence-electron chi connectivity index (χ4n) is 7.11. The van der Waals surface area contributed by atoms with E-state index in [4.69, 9.17) is 0 Å². The van der Waals surface area contributed by atoms with E-state index in [1.165, 1.54) is 54.5 Å². The molecular formula is C44H30N2. The molecule has 1 heterocycles. The van der Waals surface area contributed by atoms with Crippen LogP contribution in [-0.4, -0.2) is 4.57 Å². The number of benzene rings is 8. The molecule has 0 fully saturated rings. The summed E-state index contributed by atoms with van der Waals surface area (Å²) in [5.74, 6) is 0. The molecule has 0 saturated carbocycles. The second kappa shape index (κ2) is 10.8. The maximum absolute atomic E-state index is 2.49. The minimum absolute atomic E-state index is 1.12. The first-order valence-corrected chi connectivity index (χ1v) is 15.8. The second-order valence-corrected chi connectivity index (χ2v) is 11.8. The monoisotopic (exact) mass is 586 g/mol. The van der Waals surface area contributed by atoms with E-state index in [0.717, 1.165) is 22.7 Å². The van der Waals surface area contributed by atoms with Crippen LogP contribution in [0, 0.1) is 0 Å². The van der Waals surface area contributed by atoms with Gasteiger partial charge in [-0.2, -0.15) is 0 Å². The molecule has 0 amide bonds. The Morgan fingerprint density at radius 1 is 0.348 bits per heavy atom. The molecule has 0 aliphatic rings. The Labute approximate surface area is 268 Å². The zero-order chi connectivity index (χ0) is 30.5. The summed E-state index contributed by atoms with van der Waals surface area (Å²) in [7, 11) is 0. The number of fused-ring (bicyclic) bond motifs is 6. The van der Waals surface area contributed by atoms with Crippen LogP contribution >= 0.6 is 0 Å². The first kappa shape index (κ1) is 26.3. The van der Waals surface area contributed by atoms with Crippen molar-refractivity contribution in [1.82, 2.24) is 4.57 Å². The Hall–Kier alpha value is -6.12. The second-order valence-electron chi connectivity index (χ2n) is 11.8. The molecule has 0 unspecified atom stereocenters. The molecule has 46 heavy (non-hydrogen) atoms. The largest absolute Gasteiger partial charge is 0.311 e. The van der Waals surface area contributed by atoms with Crippen LogP contribution in [0.5, 0.6) is 0 Å². The highest BCUT2D eigenvalue weighted by Crippen LogP contribution is 2.45. The molecule has 0 radical (unpaired) electrons. The van der Waals surface area contributed by atoms with Gasteiger partial charge in [0.25, 0.3) is 0 Å². The van der Waals surface area contributed by atoms with Crippen LogP contribution in [0.2, 0.25) is 0 Å². The van der Waals surface area contributed by atoms with Crippen LogP contribution in [0.25, 0.3) is 60.2 Å². The molecule has 0 aliphatic heterocycles. The van der Waals surface area contributed by atoms with E-state index in [2.05, 4.69) is 191 Å². The van der Waals surface area contributed by atoms with Crippen LogP contribution in [0.4, 0.5) is 17.1 Å². The van der Waals surface area contributed by atoms with Gasteiger partial charge in [-0.1, -0.05) is 127 Å². The molecule has 9 aromatic rings. The first-order valence-electron chi connectivity index (χ1n) is 15.8. The van der Waals surface area contributed by atoms with Gasteiger partial charge in [0.1, 0.15) is 0 Å². The molecule has 8 aromatic carbocycles. The standard InChI is InChI=1S/C44H30N2/c1-4-16-34(17-5-1)45(35-18-6-2-7-19-35)37-27-24-32(25-28-37)42-38-22-12-11-15-33(38)30-41-40-29-26-31-14-10-13-23-39(31)43(40)46(44(41)42)36-20-8-3-9-21-36/h1-30H. The van der Waals surface area contributed by atoms with E-state index in [9.17, 15) is 0 Å². The van der Waals surface area contributed by atoms with Crippen LogP contribution < -0.4 is 4.90 Å². The SMILES string of the molecule is c1ccc(N(c2ccccc2)c2ccc(-c3c4ccccc4cc4c5ccc6ccccc6c5n(-c5ccccc5)c34)cc2)cc1. The van der Waals surface area contributed by atoms with E-state index in [1.807, 2.05) is 0 Å². The summed E-state index contributed by atoms with van der Waals surface area (Å²) < 4.78 is 2.49. The fraction of sp³-hybridized carbons (Fsp3) is 0. The lowest BCUT2D eigenvalue weighted by Crippen LogP contribution is -2.09. The van der Waals surface area contributed by atoms with Crippen molar-refractivity contribution in [3.05, 3.63) is 182 Å². The van der Waals surface area contributed by atoms with Crippen molar-refractivity contribution >= 4 is 60.4 Å². The van der Waals surface area contributed by atoms with Gasteiger partial charge in [-0.25, -0.2) is 0 Å². The molecule has 0 spiro atoms. The molecule has 9 rings (SSSR count). The quantitative estimate of drug-likeness (QED) is 0.195. The van der Waals surface area contributed by atoms with E-state index in [1.54, 1.807) is 0 Å². The molecular weight excluding hydrogens is 556 g/mol. The number of nitrogens with zero attached hydrogens (tertiary/aromatic N) is 2. The lowest BCUT2D eigenvalue weighted by Gasteiger charge is -2.25. The normalized spacial score (nSPS) is 11.5. The summed E-state index contributed by atoms with van der Waals surface area (Å²) >= 11 is 0. The van der Waals surface area contributed by atoms with Crippen molar-refractivity contribution in [3.63, 3.8) is 0 Å². The van der Waals surface area contributed by atoms with Crippen LogP contribution in [0.1, 0.15) is 0 Å². The smallest absolute Gasteiger partial charge is 0.0626 e. The zero-order valence-electron chi connectivity index (χ0n) is 25.2. The van der Waals surface area contributed by atoms with Gasteiger partial charge in [-0.3, -0.25) is 0 Å². The summed E-state index contributed by atoms with van der Waals surface area (Å²) in [6, 6.07) is 65.6. The van der Waals surface area contributed by atoms with Crippen molar-refractivity contribution in [2.45, 2.75) is 0 Å². The highest BCUT2D eigenvalue weighted by Gasteiger charge is 2.21. The first-order chi connectivity index (χ1) is 22.8. The fourth-order valence-corrected chi connectivity index (χ4v) is 7.11. The average Bonchev–Trinajstić information content (AvgIpc) is 3.47. The number of hydrogen-bond donors (Lipinski definition) is 0. The maximum atomic E-state index is 2.49. The third kappa shape index (κ3) is 4.19. The molecule has 0 N–H and O–H groups in total. The Balaban J connectivity index is 1.35. The van der Waals surface area contributed by atoms with Gasteiger partial charge in [-0.05, 0) is 76.3 Å². The van der Waals surface area contributed by atoms with Gasteiger partial charge in [0, 0.05) is 44.5 Å². The summed E-state index contributed by atoms with van der Waals surface area (Å²) in [6.07, 6.45) is 0. The van der Waals surface area contributed by atoms with E-state index >= 15 is 0 Å². The van der Waals surface area contributed by atoms with Crippen molar-refractivity contribution in [3.8, 4) is 16.8 Å². The Morgan fingerprint density at radius 2 is 0.891 bits per heavy atom. The van der Waals surface area contributed by atoms with Gasteiger partial charge in [0.2, 0.25) is 0 Å². The molecule has 0 aliphatic carbocycles. The van der Waals surface area contributed by atoms with E-state index in [0.29, 0.717) is 0 Å². The highest BCUT2D eigenvalue weighted by molar-refractivity contribution is 6.25. The number of rotatable bonds is 5. The molecule has 2 nitrogen and oxygen atoms in total. The van der Waals surface area contributed by atoms with Crippen molar-refractivity contribution in [2.24, 2.45) is 0 Å². The summed E-state index contributed by atoms with van der Waals surface area (Å²) in [4.78, 5) is 2.32. The lowest BCUT2D eigenvalue weighted by molar-refractivity contribution is 1.19. The van der Waals surface area contributed by atoms with Gasteiger partial charge in [0.05, 0.1) is 11.0 Å². The summed E-state index contributed by atoms with van der Waals surface area (Å²) in [6.45, 7) is 0. The van der Waals surface area contributed by atoms with Crippen molar-refractivity contribution in [2.75, 3.05) is 4.90 Å². The van der Waals surface area contributed by atoms with Gasteiger partial charge in [-0.15, -0.1) is 0 Å². The summed E-state index contributed by atoms with van der Waals surface area (Å²) in [5.41, 5.74) is 9.44. The van der Waals surface area contributed by atoms with E-state index < -0.39 is 0 Å². The molecule has 2 heteroatoms. The van der Waals surface area contributed by atoms with Crippen LogP contribution in [0.15, 0.2) is 182 Å². The lowest BCUT2D eigenvalue weighted by atomic mass is 9.94. The van der Waals surface area contributed by atoms with Crippen LogP contribution in [0.3, 0.4) is 0 Å². The van der Waals surface area contributed by atoms with Crippen molar-refractivity contribution < 1.29 is 0 Å². The molecule has 1 aromatic heterocycles. The molecule has 0 saturated heterocycles. The summed E-state index contributed by atoms with van der Waals surface area (Å²) in [5, 5.41) is 7.51. The topological polar surface area (TPSA) is 8.17 Å². The minimum atomic E-state index is 1.12. The Morgan fingerprint density at radius 3 is 1.57 bits per heavy atom. The molecule has 0 atom stereocenters.